The number of carbonyl (C=O) groups excluding carboxylic acids is 2. The Balaban J connectivity index is 0.000000245. The molecule has 0 saturated heterocycles. The lowest BCUT2D eigenvalue weighted by Crippen LogP contribution is -2.40. The topological polar surface area (TPSA) is 264 Å². The van der Waals surface area contributed by atoms with Crippen LogP contribution in [0.5, 0.6) is 0 Å². The Morgan fingerprint density at radius 1 is 0.817 bits per heavy atom. The molecular formula is C51H70N6O9S4Si. The van der Waals surface area contributed by atoms with Crippen LogP contribution in [0.15, 0.2) is 37.7 Å². The van der Waals surface area contributed by atoms with E-state index in [-0.39, 0.29) is 49.8 Å². The molecule has 2 aliphatic carbocycles. The maximum absolute atomic E-state index is 13.1. The number of primary sulfonamides is 1. The van der Waals surface area contributed by atoms with Crippen molar-refractivity contribution in [1.82, 2.24) is 9.97 Å². The molecule has 2 aliphatic rings. The number of sulfonamides is 1. The number of aliphatic hydroxyl groups is 2. The minimum atomic E-state index is -3.90. The second kappa shape index (κ2) is 22.8. The van der Waals surface area contributed by atoms with Gasteiger partial charge in [-0.3, -0.25) is 4.79 Å². The largest absolute Gasteiger partial charge is 0.411 e. The quantitative estimate of drug-likeness (QED) is 0.0505. The Morgan fingerprint density at radius 3 is 1.70 bits per heavy atom. The van der Waals surface area contributed by atoms with E-state index in [1.807, 2.05) is 52.0 Å². The average Bonchev–Trinajstić information content (AvgIpc) is 4.18. The molecule has 0 bridgehead atoms. The zero-order valence-corrected chi connectivity index (χ0v) is 47.7. The summed E-state index contributed by atoms with van der Waals surface area (Å²) in [7, 11) is -9.82. The first kappa shape index (κ1) is 59.3. The van der Waals surface area contributed by atoms with Crippen LogP contribution in [-0.4, -0.2) is 63.0 Å². The van der Waals surface area contributed by atoms with E-state index in [1.54, 1.807) is 40.7 Å². The third kappa shape index (κ3) is 15.6. The van der Waals surface area contributed by atoms with Crippen molar-refractivity contribution in [2.75, 3.05) is 5.75 Å². The molecule has 2 aromatic heterocycles. The minimum absolute atomic E-state index is 0.00382. The Kier molecular flexibility index (Phi) is 19.1. The van der Waals surface area contributed by atoms with Crippen LogP contribution in [0.4, 0.5) is 5.69 Å². The van der Waals surface area contributed by atoms with Gasteiger partial charge in [0.05, 0.1) is 46.9 Å². The van der Waals surface area contributed by atoms with Gasteiger partial charge in [0.1, 0.15) is 31.2 Å². The summed E-state index contributed by atoms with van der Waals surface area (Å²) < 4.78 is 55.8. The SMILES string of the molecule is CC(C)(O)c1nc(CO[Si](C)(C)C(C)(C)C)c(S(N)(=O)=O)s1.CC(C)c1cc(C#N)cc(C2CC2)c1N=C=O.CCc1nc(C(C)(C)O)sc1S(=O)(=O)CC(=O)Cc1c(C(C)C)cc(C#N)cc1C1CC1. The normalized spacial score (nSPS) is 14.4. The molecule has 2 saturated carbocycles. The third-order valence-corrected chi connectivity index (χ3v) is 23.6. The highest BCUT2D eigenvalue weighted by Crippen LogP contribution is 2.47. The Bertz CT molecular complexity index is 2920. The van der Waals surface area contributed by atoms with Crippen molar-refractivity contribution >= 4 is 68.4 Å². The fourth-order valence-electron chi connectivity index (χ4n) is 7.29. The van der Waals surface area contributed by atoms with Crippen molar-refractivity contribution in [3.8, 4) is 12.1 Å². The van der Waals surface area contributed by atoms with E-state index >= 15 is 0 Å². The molecule has 71 heavy (non-hydrogen) atoms. The van der Waals surface area contributed by atoms with Crippen LogP contribution >= 0.6 is 22.7 Å². The van der Waals surface area contributed by atoms with Gasteiger partial charge < -0.3 is 14.6 Å². The summed E-state index contributed by atoms with van der Waals surface area (Å²) in [6.07, 6.45) is 6.34. The van der Waals surface area contributed by atoms with Gasteiger partial charge in [-0.1, -0.05) is 55.4 Å². The third-order valence-electron chi connectivity index (χ3n) is 12.5. The number of hydrogen-bond donors (Lipinski definition) is 3. The number of nitrogens with two attached hydrogens (primary N) is 1. The number of nitriles is 2. The van der Waals surface area contributed by atoms with Gasteiger partial charge in [-0.2, -0.15) is 15.5 Å². The number of sulfone groups is 1. The van der Waals surface area contributed by atoms with Gasteiger partial charge in [-0.05, 0) is 154 Å². The summed E-state index contributed by atoms with van der Waals surface area (Å²) in [4.78, 5) is 36.0. The van der Waals surface area contributed by atoms with Crippen LogP contribution in [0.3, 0.4) is 0 Å². The van der Waals surface area contributed by atoms with Gasteiger partial charge in [0, 0.05) is 6.42 Å². The standard InChI is InChI=1S/C24H30N2O4S2.C14H14N2O.C13H26N2O4S2Si/c1-6-21-22(31-23(26-21)24(4,5)28)32(29,30)13-17(27)11-20-18(14(2)3)9-15(12-25)10-19(20)16-7-8-16;1-9(2)12-5-10(7-15)6-13(11-3-4-11)14(12)16-8-17;1-12(2,3)22(6,7)19-8-9-10(21(14,17)18)20-11(15-9)13(4,5)16/h9-10,14,16,28H,6-8,11,13H2,1-5H3;5-6,9,11H,3-4H2,1-2H3;16H,8H2,1-7H3,(H2,14,17,18). The van der Waals surface area contributed by atoms with Gasteiger partial charge in [-0.15, -0.1) is 22.7 Å². The zero-order chi connectivity index (χ0) is 53.8. The molecule has 6 rings (SSSR count). The van der Waals surface area contributed by atoms with Crippen molar-refractivity contribution in [2.45, 2.75) is 190 Å². The molecule has 4 N–H and O–H groups in total. The van der Waals surface area contributed by atoms with Crippen molar-refractivity contribution in [3.63, 3.8) is 0 Å². The van der Waals surface area contributed by atoms with E-state index in [0.29, 0.717) is 45.1 Å². The number of aromatic nitrogens is 2. The number of aliphatic imine (C=N–C) groups is 1. The average molecular weight is 1070 g/mol. The Labute approximate surface area is 429 Å². The zero-order valence-electron chi connectivity index (χ0n) is 43.5. The van der Waals surface area contributed by atoms with E-state index in [1.165, 1.54) is 0 Å². The molecular weight excluding hydrogens is 997 g/mol. The molecule has 0 radical (unpaired) electrons. The maximum atomic E-state index is 13.1. The highest BCUT2D eigenvalue weighted by molar-refractivity contribution is 7.94. The fourth-order valence-corrected chi connectivity index (χ4v) is 13.2. The monoisotopic (exact) mass is 1070 g/mol. The second-order valence-corrected chi connectivity index (χ2v) is 32.2. The lowest BCUT2D eigenvalue weighted by molar-refractivity contribution is -0.116. The summed E-state index contributed by atoms with van der Waals surface area (Å²) in [5, 5.41) is 44.6. The molecule has 0 atom stereocenters. The van der Waals surface area contributed by atoms with Crippen molar-refractivity contribution in [2.24, 2.45) is 10.1 Å². The number of nitrogens with zero attached hydrogens (tertiary/aromatic N) is 5. The summed E-state index contributed by atoms with van der Waals surface area (Å²) in [5.74, 6) is 0.180. The predicted octanol–water partition coefficient (Wildman–Crippen LogP) is 10.5. The predicted molar refractivity (Wildman–Crippen MR) is 280 cm³/mol. The minimum Gasteiger partial charge on any atom is -0.411 e. The van der Waals surface area contributed by atoms with Crippen LogP contribution in [0.1, 0.15) is 193 Å². The molecule has 20 heteroatoms. The molecule has 386 valence electrons. The second-order valence-electron chi connectivity index (χ2n) is 21.5. The summed E-state index contributed by atoms with van der Waals surface area (Å²) in [6, 6.07) is 11.7. The molecule has 15 nitrogen and oxygen atoms in total. The Hall–Kier alpha value is -4.31. The first-order valence-electron chi connectivity index (χ1n) is 23.7. The van der Waals surface area contributed by atoms with Gasteiger partial charge in [-0.25, -0.2) is 36.7 Å². The van der Waals surface area contributed by atoms with Crippen LogP contribution in [-0.2, 0) is 64.5 Å². The summed E-state index contributed by atoms with van der Waals surface area (Å²) >= 11 is 1.83. The highest BCUT2D eigenvalue weighted by atomic mass is 32.2. The van der Waals surface area contributed by atoms with E-state index in [0.717, 1.165) is 81.9 Å². The number of carbonyl (C=O) groups is 1. The van der Waals surface area contributed by atoms with E-state index < -0.39 is 45.1 Å². The van der Waals surface area contributed by atoms with Gasteiger partial charge in [0.15, 0.2) is 28.1 Å². The molecule has 0 spiro atoms. The number of rotatable bonds is 17. The number of hydrogen-bond acceptors (Lipinski definition) is 16. The first-order chi connectivity index (χ1) is 32.6. The number of benzene rings is 2. The molecule has 2 fully saturated rings. The molecule has 0 aliphatic heterocycles. The lowest BCUT2D eigenvalue weighted by Gasteiger charge is -2.35. The van der Waals surface area contributed by atoms with Crippen molar-refractivity contribution < 1.29 is 41.1 Å². The fraction of sp³-hybridized carbons (Fsp3) is 0.569. The Morgan fingerprint density at radius 2 is 1.28 bits per heavy atom. The number of Topliss-reactive ketones (excluding diaryl/α,β-unsaturated/α-hetero) is 1. The van der Waals surface area contributed by atoms with Gasteiger partial charge in [0.25, 0.3) is 0 Å². The highest BCUT2D eigenvalue weighted by Gasteiger charge is 2.39. The molecule has 0 unspecified atom stereocenters. The summed E-state index contributed by atoms with van der Waals surface area (Å²) in [6.45, 7) is 26.7. The number of isocyanates is 1. The number of ketones is 1. The number of aryl methyl sites for hydroxylation is 1. The van der Waals surface area contributed by atoms with E-state index in [4.69, 9.17) is 14.8 Å². The van der Waals surface area contributed by atoms with Gasteiger partial charge >= 0.3 is 0 Å². The van der Waals surface area contributed by atoms with Gasteiger partial charge in [0.2, 0.25) is 16.1 Å². The molecule has 2 heterocycles. The summed E-state index contributed by atoms with van der Waals surface area (Å²) in [5.41, 5.74) is 4.98. The van der Waals surface area contributed by atoms with Crippen LogP contribution in [0, 0.1) is 22.7 Å². The van der Waals surface area contributed by atoms with Crippen LogP contribution in [0.2, 0.25) is 18.1 Å². The van der Waals surface area contributed by atoms with Crippen molar-refractivity contribution in [1.29, 1.82) is 10.5 Å². The maximum Gasteiger partial charge on any atom is 0.249 e. The first-order valence-corrected chi connectivity index (χ1v) is 31.4. The molecule has 4 aromatic rings. The van der Waals surface area contributed by atoms with Crippen LogP contribution in [0.25, 0.3) is 0 Å². The smallest absolute Gasteiger partial charge is 0.249 e. The molecule has 2 aromatic carbocycles. The van der Waals surface area contributed by atoms with Crippen molar-refractivity contribution in [3.05, 3.63) is 84.6 Å². The lowest BCUT2D eigenvalue weighted by atomic mass is 9.87. The van der Waals surface area contributed by atoms with E-state index in [9.17, 15) is 41.9 Å². The van der Waals surface area contributed by atoms with Crippen LogP contribution < -0.4 is 5.14 Å². The number of thiazole rings is 2. The van der Waals surface area contributed by atoms with E-state index in [2.05, 4.69) is 61.0 Å². The molecule has 0 amide bonds.